The van der Waals surface area contributed by atoms with Gasteiger partial charge in [0.1, 0.15) is 5.52 Å². The third-order valence-electron chi connectivity index (χ3n) is 2.66. The molecule has 0 saturated carbocycles. The maximum Gasteiger partial charge on any atom is 0.318 e. The minimum atomic E-state index is -0.246. The lowest BCUT2D eigenvalue weighted by molar-refractivity contribution is 0.254. The zero-order valence-electron chi connectivity index (χ0n) is 10.6. The van der Waals surface area contributed by atoms with Gasteiger partial charge in [0.15, 0.2) is 11.5 Å². The number of oxazole rings is 1. The first kappa shape index (κ1) is 12.4. The molecule has 1 heterocycles. The number of rotatable bonds is 4. The van der Waals surface area contributed by atoms with Crippen LogP contribution in [0.4, 0.5) is 10.5 Å². The smallest absolute Gasteiger partial charge is 0.318 e. The summed E-state index contributed by atoms with van der Waals surface area (Å²) in [6.45, 7) is 2.13. The van der Waals surface area contributed by atoms with E-state index in [2.05, 4.69) is 22.5 Å². The summed E-state index contributed by atoms with van der Waals surface area (Å²) < 4.78 is 5.62. The molecule has 5 nitrogen and oxygen atoms in total. The zero-order chi connectivity index (χ0) is 13.0. The van der Waals surface area contributed by atoms with Crippen LogP contribution in [-0.4, -0.2) is 18.1 Å². The first-order chi connectivity index (χ1) is 8.72. The van der Waals surface area contributed by atoms with Gasteiger partial charge < -0.3 is 15.1 Å². The molecule has 0 spiro atoms. The normalized spacial score (nSPS) is 10.6. The van der Waals surface area contributed by atoms with Gasteiger partial charge in [-0.25, -0.2) is 9.78 Å². The van der Waals surface area contributed by atoms with E-state index in [1.54, 1.807) is 13.1 Å². The maximum absolute atomic E-state index is 11.2. The second-order valence-electron chi connectivity index (χ2n) is 4.10. The zero-order valence-corrected chi connectivity index (χ0v) is 10.6. The van der Waals surface area contributed by atoms with E-state index in [1.807, 2.05) is 12.1 Å². The molecule has 0 fully saturated rings. The van der Waals surface area contributed by atoms with E-state index >= 15 is 0 Å². The van der Waals surface area contributed by atoms with Gasteiger partial charge in [-0.15, -0.1) is 0 Å². The second-order valence-corrected chi connectivity index (χ2v) is 4.10. The number of benzene rings is 1. The molecule has 0 aliphatic rings. The summed E-state index contributed by atoms with van der Waals surface area (Å²) in [6, 6.07) is 5.18. The fourth-order valence-electron chi connectivity index (χ4n) is 1.68. The van der Waals surface area contributed by atoms with Crippen molar-refractivity contribution in [2.24, 2.45) is 0 Å². The number of hydrogen-bond acceptors (Lipinski definition) is 3. The Bertz CT molecular complexity index is 548. The summed E-state index contributed by atoms with van der Waals surface area (Å²) in [7, 11) is 1.58. The predicted octanol–water partition coefficient (Wildman–Crippen LogP) is 2.92. The van der Waals surface area contributed by atoms with Crippen LogP contribution in [-0.2, 0) is 6.42 Å². The Morgan fingerprint density at radius 2 is 2.28 bits per heavy atom. The highest BCUT2D eigenvalue weighted by Crippen LogP contribution is 2.20. The number of nitrogens with one attached hydrogen (secondary N) is 2. The van der Waals surface area contributed by atoms with Gasteiger partial charge in [0.05, 0.1) is 0 Å². The van der Waals surface area contributed by atoms with Crippen LogP contribution < -0.4 is 10.6 Å². The molecule has 96 valence electrons. The van der Waals surface area contributed by atoms with Gasteiger partial charge in [0.2, 0.25) is 0 Å². The molecule has 2 aromatic rings. The molecular formula is C13H17N3O2. The number of amides is 2. The van der Waals surface area contributed by atoms with Gasteiger partial charge in [-0.3, -0.25) is 0 Å². The molecule has 2 N–H and O–H groups in total. The second kappa shape index (κ2) is 5.53. The standard InChI is InChI=1S/C13H17N3O2/c1-3-4-5-12-16-10-8-9(15-13(17)14-2)6-7-11(10)18-12/h6-8H,3-5H2,1-2H3,(H2,14,15,17). The van der Waals surface area contributed by atoms with Crippen molar-refractivity contribution in [3.05, 3.63) is 24.1 Å². The first-order valence-corrected chi connectivity index (χ1v) is 6.11. The average molecular weight is 247 g/mol. The van der Waals surface area contributed by atoms with Gasteiger partial charge in [0.25, 0.3) is 0 Å². The summed E-state index contributed by atoms with van der Waals surface area (Å²) in [5.41, 5.74) is 2.23. The molecule has 1 aromatic heterocycles. The highest BCUT2D eigenvalue weighted by molar-refractivity contribution is 5.91. The van der Waals surface area contributed by atoms with Crippen LogP contribution >= 0.6 is 0 Å². The monoisotopic (exact) mass is 247 g/mol. The third-order valence-corrected chi connectivity index (χ3v) is 2.66. The average Bonchev–Trinajstić information content (AvgIpc) is 2.78. The van der Waals surface area contributed by atoms with Crippen molar-refractivity contribution >= 4 is 22.8 Å². The van der Waals surface area contributed by atoms with Gasteiger partial charge >= 0.3 is 6.03 Å². The lowest BCUT2D eigenvalue weighted by atomic mass is 10.2. The third kappa shape index (κ3) is 2.80. The molecule has 0 unspecified atom stereocenters. The Morgan fingerprint density at radius 1 is 1.44 bits per heavy atom. The Balaban J connectivity index is 2.19. The van der Waals surface area contributed by atoms with Crippen molar-refractivity contribution in [1.29, 1.82) is 0 Å². The van der Waals surface area contributed by atoms with Gasteiger partial charge in [0, 0.05) is 19.2 Å². The Kier molecular flexibility index (Phi) is 3.82. The molecule has 2 amide bonds. The number of hydrogen-bond donors (Lipinski definition) is 2. The van der Waals surface area contributed by atoms with Crippen LogP contribution in [0.25, 0.3) is 11.1 Å². The number of aryl methyl sites for hydroxylation is 1. The predicted molar refractivity (Wildman–Crippen MR) is 70.7 cm³/mol. The van der Waals surface area contributed by atoms with Gasteiger partial charge in [-0.1, -0.05) is 13.3 Å². The van der Waals surface area contributed by atoms with Crippen molar-refractivity contribution in [3.8, 4) is 0 Å². The first-order valence-electron chi connectivity index (χ1n) is 6.11. The van der Waals surface area contributed by atoms with Gasteiger partial charge in [-0.05, 0) is 24.6 Å². The van der Waals surface area contributed by atoms with Crippen molar-refractivity contribution in [2.75, 3.05) is 12.4 Å². The quantitative estimate of drug-likeness (QED) is 0.872. The number of aromatic nitrogens is 1. The molecule has 0 bridgehead atoms. The van der Waals surface area contributed by atoms with E-state index in [4.69, 9.17) is 4.42 Å². The van der Waals surface area contributed by atoms with Crippen molar-refractivity contribution in [1.82, 2.24) is 10.3 Å². The number of urea groups is 1. The van der Waals surface area contributed by atoms with E-state index in [0.29, 0.717) is 5.69 Å². The maximum atomic E-state index is 11.2. The van der Waals surface area contributed by atoms with E-state index in [1.165, 1.54) is 0 Å². The highest BCUT2D eigenvalue weighted by atomic mass is 16.3. The van der Waals surface area contributed by atoms with E-state index < -0.39 is 0 Å². The number of nitrogens with zero attached hydrogens (tertiary/aromatic N) is 1. The minimum Gasteiger partial charge on any atom is -0.441 e. The van der Waals surface area contributed by atoms with E-state index in [9.17, 15) is 4.79 Å². The summed E-state index contributed by atoms with van der Waals surface area (Å²) in [6.07, 6.45) is 3.03. The van der Waals surface area contributed by atoms with Crippen LogP contribution in [0.15, 0.2) is 22.6 Å². The van der Waals surface area contributed by atoms with Crippen LogP contribution in [0.2, 0.25) is 0 Å². The number of anilines is 1. The van der Waals surface area contributed by atoms with Crippen LogP contribution in [0.1, 0.15) is 25.7 Å². The fourth-order valence-corrected chi connectivity index (χ4v) is 1.68. The topological polar surface area (TPSA) is 67.2 Å². The van der Waals surface area contributed by atoms with Crippen LogP contribution in [0.3, 0.4) is 0 Å². The number of unbranched alkanes of at least 4 members (excludes halogenated alkanes) is 1. The van der Waals surface area contributed by atoms with Crippen molar-refractivity contribution < 1.29 is 9.21 Å². The molecular weight excluding hydrogens is 230 g/mol. The molecule has 18 heavy (non-hydrogen) atoms. The largest absolute Gasteiger partial charge is 0.441 e. The van der Waals surface area contributed by atoms with Crippen LogP contribution in [0, 0.1) is 0 Å². The summed E-state index contributed by atoms with van der Waals surface area (Å²) in [5.74, 6) is 0.754. The Morgan fingerprint density at radius 3 is 3.00 bits per heavy atom. The lowest BCUT2D eigenvalue weighted by Gasteiger charge is -2.02. The fraction of sp³-hybridized carbons (Fsp3) is 0.385. The summed E-state index contributed by atoms with van der Waals surface area (Å²) >= 11 is 0. The summed E-state index contributed by atoms with van der Waals surface area (Å²) in [5, 5.41) is 5.21. The summed E-state index contributed by atoms with van der Waals surface area (Å²) in [4.78, 5) is 15.6. The van der Waals surface area contributed by atoms with Crippen molar-refractivity contribution in [3.63, 3.8) is 0 Å². The van der Waals surface area contributed by atoms with Gasteiger partial charge in [-0.2, -0.15) is 0 Å². The van der Waals surface area contributed by atoms with Crippen LogP contribution in [0.5, 0.6) is 0 Å². The molecule has 0 saturated heterocycles. The number of carbonyl (C=O) groups excluding carboxylic acids is 1. The Hall–Kier alpha value is -2.04. The molecule has 5 heteroatoms. The molecule has 2 rings (SSSR count). The number of carbonyl (C=O) groups is 1. The SMILES string of the molecule is CCCCc1nc2cc(NC(=O)NC)ccc2o1. The molecule has 0 radical (unpaired) electrons. The molecule has 0 atom stereocenters. The van der Waals surface area contributed by atoms with E-state index in [0.717, 1.165) is 36.3 Å². The molecule has 0 aliphatic heterocycles. The highest BCUT2D eigenvalue weighted by Gasteiger charge is 2.07. The van der Waals surface area contributed by atoms with E-state index in [-0.39, 0.29) is 6.03 Å². The lowest BCUT2D eigenvalue weighted by Crippen LogP contribution is -2.24. The number of fused-ring (bicyclic) bond motifs is 1. The molecule has 0 aliphatic carbocycles. The minimum absolute atomic E-state index is 0.246. The van der Waals surface area contributed by atoms with Crippen molar-refractivity contribution in [2.45, 2.75) is 26.2 Å². The molecule has 1 aromatic carbocycles. The Labute approximate surface area is 106 Å².